The lowest BCUT2D eigenvalue weighted by atomic mass is 10.0. The van der Waals surface area contributed by atoms with Gasteiger partial charge in [0.15, 0.2) is 6.61 Å². The molecule has 0 fully saturated rings. The van der Waals surface area contributed by atoms with E-state index in [1.165, 1.54) is 49.6 Å². The lowest BCUT2D eigenvalue weighted by Crippen LogP contribution is -2.31. The van der Waals surface area contributed by atoms with Gasteiger partial charge >= 0.3 is 5.97 Å². The van der Waals surface area contributed by atoms with E-state index in [0.29, 0.717) is 22.9 Å². The third kappa shape index (κ3) is 5.29. The van der Waals surface area contributed by atoms with Crippen LogP contribution in [-0.4, -0.2) is 56.0 Å². The molecule has 0 saturated heterocycles. The van der Waals surface area contributed by atoms with Crippen LogP contribution in [0.25, 0.3) is 0 Å². The van der Waals surface area contributed by atoms with Crippen molar-refractivity contribution in [1.82, 2.24) is 9.31 Å². The largest absolute Gasteiger partial charge is 0.467 e. The number of sulfonamides is 1. The van der Waals surface area contributed by atoms with Crippen LogP contribution in [0, 0.1) is 0 Å². The Balaban J connectivity index is 1.50. The first-order valence-corrected chi connectivity index (χ1v) is 12.4. The smallest absolute Gasteiger partial charge is 0.338 e. The van der Waals surface area contributed by atoms with Gasteiger partial charge in [-0.3, -0.25) is 4.79 Å². The molecule has 1 atom stereocenters. The Morgan fingerprint density at radius 2 is 1.89 bits per heavy atom. The number of esters is 1. The van der Waals surface area contributed by atoms with E-state index in [0.717, 1.165) is 9.87 Å². The lowest BCUT2D eigenvalue weighted by Gasteiger charge is -2.19. The average molecular weight is 516 g/mol. The molecule has 0 bridgehead atoms. The number of hydrogen-bond donors (Lipinski definition) is 0. The van der Waals surface area contributed by atoms with E-state index in [2.05, 4.69) is 5.10 Å². The summed E-state index contributed by atoms with van der Waals surface area (Å²) in [5.41, 5.74) is 1.47. The Bertz CT molecular complexity index is 1370. The van der Waals surface area contributed by atoms with Gasteiger partial charge in [0.1, 0.15) is 11.8 Å². The first kappa shape index (κ1) is 24.6. The number of halogens is 1. The minimum atomic E-state index is -3.73. The zero-order valence-corrected chi connectivity index (χ0v) is 20.5. The van der Waals surface area contributed by atoms with Crippen LogP contribution in [0.5, 0.6) is 0 Å². The van der Waals surface area contributed by atoms with Crippen molar-refractivity contribution in [3.8, 4) is 0 Å². The van der Waals surface area contributed by atoms with Gasteiger partial charge < -0.3 is 9.15 Å². The van der Waals surface area contributed by atoms with Gasteiger partial charge in [0.25, 0.3) is 5.91 Å². The lowest BCUT2D eigenvalue weighted by molar-refractivity contribution is -0.136. The Hall–Kier alpha value is -3.47. The van der Waals surface area contributed by atoms with Crippen LogP contribution >= 0.6 is 11.6 Å². The van der Waals surface area contributed by atoms with E-state index < -0.39 is 34.5 Å². The second-order valence-electron chi connectivity index (χ2n) is 7.92. The Labute approximate surface area is 207 Å². The standard InChI is InChI=1S/C24H22ClN3O6S/c1-27(2)35(31,32)19-6-3-5-17(13-19)24(30)34-15-23(29)28-21(22-7-4-12-33-22)14-20(26-28)16-8-10-18(25)11-9-16/h3-13,21H,14-15H2,1-2H3/t21-/m1/s1. The molecule has 0 spiro atoms. The fourth-order valence-corrected chi connectivity index (χ4v) is 4.60. The molecule has 0 N–H and O–H groups in total. The minimum Gasteiger partial charge on any atom is -0.467 e. The number of hydrazone groups is 1. The summed E-state index contributed by atoms with van der Waals surface area (Å²) in [6.45, 7) is -0.585. The summed E-state index contributed by atoms with van der Waals surface area (Å²) < 4.78 is 36.4. The maximum absolute atomic E-state index is 13.0. The molecular formula is C24H22ClN3O6S. The van der Waals surface area contributed by atoms with E-state index in [1.54, 1.807) is 24.3 Å². The molecule has 11 heteroatoms. The van der Waals surface area contributed by atoms with Crippen molar-refractivity contribution < 1.29 is 27.2 Å². The number of hydrogen-bond acceptors (Lipinski definition) is 7. The second-order valence-corrected chi connectivity index (χ2v) is 10.5. The molecule has 182 valence electrons. The van der Waals surface area contributed by atoms with Crippen LogP contribution in [-0.2, 0) is 19.6 Å². The molecule has 3 aromatic rings. The van der Waals surface area contributed by atoms with E-state index in [1.807, 2.05) is 12.1 Å². The van der Waals surface area contributed by atoms with Gasteiger partial charge in [-0.1, -0.05) is 29.8 Å². The first-order chi connectivity index (χ1) is 16.7. The van der Waals surface area contributed by atoms with Crippen molar-refractivity contribution in [2.75, 3.05) is 20.7 Å². The molecular weight excluding hydrogens is 494 g/mol. The third-order valence-electron chi connectivity index (χ3n) is 5.39. The zero-order valence-electron chi connectivity index (χ0n) is 18.9. The molecule has 0 unspecified atom stereocenters. The minimum absolute atomic E-state index is 0.00934. The van der Waals surface area contributed by atoms with Crippen LogP contribution in [0.15, 0.2) is 81.3 Å². The molecule has 9 nitrogen and oxygen atoms in total. The highest BCUT2D eigenvalue weighted by molar-refractivity contribution is 7.89. The molecule has 1 aliphatic rings. The molecule has 1 aliphatic heterocycles. The summed E-state index contributed by atoms with van der Waals surface area (Å²) in [4.78, 5) is 25.5. The maximum atomic E-state index is 13.0. The quantitative estimate of drug-likeness (QED) is 0.444. The third-order valence-corrected chi connectivity index (χ3v) is 7.45. The van der Waals surface area contributed by atoms with Crippen LogP contribution in [0.4, 0.5) is 0 Å². The predicted octanol–water partition coefficient (Wildman–Crippen LogP) is 3.72. The van der Waals surface area contributed by atoms with E-state index in [-0.39, 0.29) is 10.5 Å². The van der Waals surface area contributed by atoms with Crippen LogP contribution in [0.3, 0.4) is 0 Å². The normalized spacial score (nSPS) is 15.8. The van der Waals surface area contributed by atoms with Crippen molar-refractivity contribution >= 4 is 39.2 Å². The van der Waals surface area contributed by atoms with Crippen LogP contribution < -0.4 is 0 Å². The summed E-state index contributed by atoms with van der Waals surface area (Å²) in [7, 11) is -0.947. The maximum Gasteiger partial charge on any atom is 0.338 e. The van der Waals surface area contributed by atoms with E-state index in [4.69, 9.17) is 20.8 Å². The summed E-state index contributed by atoms with van der Waals surface area (Å²) in [5.74, 6) is -0.843. The molecule has 2 heterocycles. The van der Waals surface area contributed by atoms with E-state index >= 15 is 0 Å². The number of carbonyl (C=O) groups excluding carboxylic acids is 2. The summed E-state index contributed by atoms with van der Waals surface area (Å²) in [6, 6.07) is 15.5. The van der Waals surface area contributed by atoms with Gasteiger partial charge in [0.05, 0.1) is 22.4 Å². The van der Waals surface area contributed by atoms with Gasteiger partial charge in [-0.05, 0) is 48.0 Å². The summed E-state index contributed by atoms with van der Waals surface area (Å²) in [5, 5.41) is 6.28. The molecule has 0 radical (unpaired) electrons. The van der Waals surface area contributed by atoms with Crippen LogP contribution in [0.2, 0.25) is 5.02 Å². The Morgan fingerprint density at radius 1 is 1.14 bits per heavy atom. The van der Waals surface area contributed by atoms with Gasteiger partial charge in [0, 0.05) is 25.5 Å². The molecule has 4 rings (SSSR count). The SMILES string of the molecule is CN(C)S(=O)(=O)c1cccc(C(=O)OCC(=O)N2N=C(c3ccc(Cl)cc3)C[C@@H]2c2ccco2)c1. The number of ether oxygens (including phenoxy) is 1. The first-order valence-electron chi connectivity index (χ1n) is 10.6. The number of benzene rings is 2. The van der Waals surface area contributed by atoms with Crippen molar-refractivity contribution in [1.29, 1.82) is 0 Å². The van der Waals surface area contributed by atoms with Crippen molar-refractivity contribution in [2.24, 2.45) is 5.10 Å². The summed E-state index contributed by atoms with van der Waals surface area (Å²) >= 11 is 5.98. The van der Waals surface area contributed by atoms with Gasteiger partial charge in [-0.15, -0.1) is 0 Å². The van der Waals surface area contributed by atoms with Crippen molar-refractivity contribution in [2.45, 2.75) is 17.4 Å². The molecule has 35 heavy (non-hydrogen) atoms. The highest BCUT2D eigenvalue weighted by atomic mass is 35.5. The zero-order chi connectivity index (χ0) is 25.2. The number of nitrogens with zero attached hydrogens (tertiary/aromatic N) is 3. The number of furan rings is 1. The molecule has 0 saturated carbocycles. The average Bonchev–Trinajstić information content (AvgIpc) is 3.53. The van der Waals surface area contributed by atoms with Gasteiger partial charge in [-0.25, -0.2) is 22.5 Å². The van der Waals surface area contributed by atoms with E-state index in [9.17, 15) is 18.0 Å². The monoisotopic (exact) mass is 515 g/mol. The molecule has 1 amide bonds. The number of rotatable bonds is 7. The Kier molecular flexibility index (Phi) is 7.06. The fourth-order valence-electron chi connectivity index (χ4n) is 3.53. The van der Waals surface area contributed by atoms with Crippen LogP contribution in [0.1, 0.15) is 34.1 Å². The number of amides is 1. The second kappa shape index (κ2) is 10.0. The van der Waals surface area contributed by atoms with Crippen molar-refractivity contribution in [3.63, 3.8) is 0 Å². The number of carbonyl (C=O) groups is 2. The molecule has 1 aromatic heterocycles. The van der Waals surface area contributed by atoms with Gasteiger partial charge in [0.2, 0.25) is 10.0 Å². The van der Waals surface area contributed by atoms with Crippen molar-refractivity contribution in [3.05, 3.63) is 88.8 Å². The van der Waals surface area contributed by atoms with Gasteiger partial charge in [-0.2, -0.15) is 5.10 Å². The predicted molar refractivity (Wildman–Crippen MR) is 128 cm³/mol. The summed E-state index contributed by atoms with van der Waals surface area (Å²) in [6.07, 6.45) is 1.91. The highest BCUT2D eigenvalue weighted by Gasteiger charge is 2.35. The Morgan fingerprint density at radius 3 is 2.54 bits per heavy atom. The molecule has 0 aliphatic carbocycles. The topological polar surface area (TPSA) is 109 Å². The molecule has 2 aromatic carbocycles. The highest BCUT2D eigenvalue weighted by Crippen LogP contribution is 2.33. The fraction of sp³-hybridized carbons (Fsp3) is 0.208.